The molecule has 21 heavy (non-hydrogen) atoms. The SMILES string of the molecule is Cc1cncc(COc2ccc([N+](=O)[O-])cc2[C@H](C)O)c1. The van der Waals surface area contributed by atoms with Crippen LogP contribution in [0.5, 0.6) is 5.75 Å². The van der Waals surface area contributed by atoms with Gasteiger partial charge in [-0.05, 0) is 31.5 Å². The van der Waals surface area contributed by atoms with Crippen LogP contribution in [0, 0.1) is 17.0 Å². The minimum atomic E-state index is -0.851. The Kier molecular flexibility index (Phi) is 4.49. The fourth-order valence-electron chi connectivity index (χ4n) is 1.96. The summed E-state index contributed by atoms with van der Waals surface area (Å²) in [5.41, 5.74) is 2.24. The molecular formula is C15H16N2O4. The highest BCUT2D eigenvalue weighted by Crippen LogP contribution is 2.29. The average Bonchev–Trinajstić information content (AvgIpc) is 2.44. The van der Waals surface area contributed by atoms with Gasteiger partial charge >= 0.3 is 0 Å². The van der Waals surface area contributed by atoms with Gasteiger partial charge in [0.05, 0.1) is 11.0 Å². The number of aromatic nitrogens is 1. The number of benzene rings is 1. The number of non-ortho nitro benzene ring substituents is 1. The predicted molar refractivity (Wildman–Crippen MR) is 77.0 cm³/mol. The Balaban J connectivity index is 2.21. The van der Waals surface area contributed by atoms with E-state index in [1.165, 1.54) is 18.2 Å². The summed E-state index contributed by atoms with van der Waals surface area (Å²) in [5, 5.41) is 20.5. The zero-order valence-electron chi connectivity index (χ0n) is 11.8. The highest BCUT2D eigenvalue weighted by molar-refractivity contribution is 5.44. The molecule has 6 heteroatoms. The molecule has 1 aromatic heterocycles. The van der Waals surface area contributed by atoms with Gasteiger partial charge in [0.25, 0.3) is 5.69 Å². The van der Waals surface area contributed by atoms with Gasteiger partial charge in [0.2, 0.25) is 0 Å². The molecule has 110 valence electrons. The number of nitrogens with zero attached hydrogens (tertiary/aromatic N) is 2. The minimum Gasteiger partial charge on any atom is -0.488 e. The summed E-state index contributed by atoms with van der Waals surface area (Å²) in [5.74, 6) is 0.428. The standard InChI is InChI=1S/C15H16N2O4/c1-10-5-12(8-16-7-10)9-21-15-4-3-13(17(19)20)6-14(15)11(2)18/h3-8,11,18H,9H2,1-2H3/t11-/m0/s1. The van der Waals surface area contributed by atoms with Gasteiger partial charge < -0.3 is 9.84 Å². The van der Waals surface area contributed by atoms with Crippen molar-refractivity contribution >= 4 is 5.69 Å². The van der Waals surface area contributed by atoms with Crippen molar-refractivity contribution in [2.24, 2.45) is 0 Å². The molecule has 6 nitrogen and oxygen atoms in total. The number of hydrogen-bond donors (Lipinski definition) is 1. The van der Waals surface area contributed by atoms with Gasteiger partial charge in [-0.15, -0.1) is 0 Å². The Morgan fingerprint density at radius 1 is 1.38 bits per heavy atom. The van der Waals surface area contributed by atoms with Crippen LogP contribution in [0.25, 0.3) is 0 Å². The molecule has 0 aliphatic heterocycles. The average molecular weight is 288 g/mol. The van der Waals surface area contributed by atoms with E-state index in [0.717, 1.165) is 11.1 Å². The zero-order valence-corrected chi connectivity index (χ0v) is 11.8. The molecule has 1 aromatic carbocycles. The number of aliphatic hydroxyl groups excluding tert-OH is 1. The predicted octanol–water partition coefficient (Wildman–Crippen LogP) is 2.93. The van der Waals surface area contributed by atoms with Crippen LogP contribution in [0.15, 0.2) is 36.7 Å². The third-order valence-corrected chi connectivity index (χ3v) is 2.98. The molecule has 0 aliphatic rings. The Morgan fingerprint density at radius 2 is 2.14 bits per heavy atom. The Labute approximate surface area is 122 Å². The summed E-state index contributed by atoms with van der Waals surface area (Å²) in [7, 11) is 0. The molecule has 0 aliphatic carbocycles. The molecule has 2 rings (SSSR count). The summed E-state index contributed by atoms with van der Waals surface area (Å²) in [6, 6.07) is 6.13. The molecule has 1 N–H and O–H groups in total. The van der Waals surface area contributed by atoms with Crippen molar-refractivity contribution in [2.75, 3.05) is 0 Å². The maximum Gasteiger partial charge on any atom is 0.270 e. The summed E-state index contributed by atoms with van der Waals surface area (Å²) >= 11 is 0. The largest absolute Gasteiger partial charge is 0.488 e. The van der Waals surface area contributed by atoms with Gasteiger partial charge in [0.15, 0.2) is 0 Å². The van der Waals surface area contributed by atoms with E-state index in [4.69, 9.17) is 4.74 Å². The summed E-state index contributed by atoms with van der Waals surface area (Å²) < 4.78 is 5.65. The lowest BCUT2D eigenvalue weighted by molar-refractivity contribution is -0.385. The van der Waals surface area contributed by atoms with Gasteiger partial charge in [-0.2, -0.15) is 0 Å². The van der Waals surface area contributed by atoms with Gasteiger partial charge in [0, 0.05) is 35.7 Å². The molecule has 0 saturated carbocycles. The number of ether oxygens (including phenoxy) is 1. The van der Waals surface area contributed by atoms with Crippen LogP contribution in [0.1, 0.15) is 29.7 Å². The topological polar surface area (TPSA) is 85.5 Å². The van der Waals surface area contributed by atoms with Crippen molar-refractivity contribution in [2.45, 2.75) is 26.6 Å². The molecule has 0 unspecified atom stereocenters. The van der Waals surface area contributed by atoms with Crippen LogP contribution in [0.3, 0.4) is 0 Å². The first-order valence-electron chi connectivity index (χ1n) is 6.47. The molecule has 2 aromatic rings. The van der Waals surface area contributed by atoms with E-state index in [9.17, 15) is 15.2 Å². The fraction of sp³-hybridized carbons (Fsp3) is 0.267. The molecule has 0 saturated heterocycles. The summed E-state index contributed by atoms with van der Waals surface area (Å²) in [6.07, 6.45) is 2.59. The maximum atomic E-state index is 10.8. The van der Waals surface area contributed by atoms with Crippen LogP contribution in [-0.2, 0) is 6.61 Å². The normalized spacial score (nSPS) is 12.0. The Bertz CT molecular complexity index is 656. The second-order valence-corrected chi connectivity index (χ2v) is 4.81. The minimum absolute atomic E-state index is 0.0736. The van der Waals surface area contributed by atoms with E-state index in [2.05, 4.69) is 4.98 Å². The molecule has 0 radical (unpaired) electrons. The smallest absolute Gasteiger partial charge is 0.270 e. The Morgan fingerprint density at radius 3 is 2.76 bits per heavy atom. The van der Waals surface area contributed by atoms with Crippen molar-refractivity contribution in [1.29, 1.82) is 0 Å². The van der Waals surface area contributed by atoms with Gasteiger partial charge in [0.1, 0.15) is 12.4 Å². The molecule has 0 bridgehead atoms. The first kappa shape index (κ1) is 14.9. The van der Waals surface area contributed by atoms with Gasteiger partial charge in [-0.1, -0.05) is 0 Å². The third-order valence-electron chi connectivity index (χ3n) is 2.98. The maximum absolute atomic E-state index is 10.8. The molecule has 1 heterocycles. The van der Waals surface area contributed by atoms with Crippen LogP contribution >= 0.6 is 0 Å². The van der Waals surface area contributed by atoms with Crippen LogP contribution in [0.2, 0.25) is 0 Å². The number of rotatable bonds is 5. The lowest BCUT2D eigenvalue weighted by Gasteiger charge is -2.13. The van der Waals surface area contributed by atoms with E-state index < -0.39 is 11.0 Å². The number of nitro groups is 1. The first-order valence-corrected chi connectivity index (χ1v) is 6.47. The van der Waals surface area contributed by atoms with Crippen LogP contribution in [-0.4, -0.2) is 15.0 Å². The van der Waals surface area contributed by atoms with E-state index in [1.807, 2.05) is 13.0 Å². The van der Waals surface area contributed by atoms with E-state index in [1.54, 1.807) is 19.3 Å². The van der Waals surface area contributed by atoms with Crippen LogP contribution in [0.4, 0.5) is 5.69 Å². The van der Waals surface area contributed by atoms with Crippen molar-refractivity contribution in [3.8, 4) is 5.75 Å². The highest BCUT2D eigenvalue weighted by Gasteiger charge is 2.15. The van der Waals surface area contributed by atoms with E-state index in [0.29, 0.717) is 11.3 Å². The zero-order chi connectivity index (χ0) is 15.4. The van der Waals surface area contributed by atoms with Gasteiger partial charge in [-0.25, -0.2) is 0 Å². The molecule has 0 amide bonds. The third kappa shape index (κ3) is 3.76. The summed E-state index contributed by atoms with van der Waals surface area (Å²) in [4.78, 5) is 14.4. The summed E-state index contributed by atoms with van der Waals surface area (Å²) in [6.45, 7) is 3.76. The van der Waals surface area contributed by atoms with E-state index in [-0.39, 0.29) is 12.3 Å². The van der Waals surface area contributed by atoms with E-state index >= 15 is 0 Å². The van der Waals surface area contributed by atoms with Gasteiger partial charge in [-0.3, -0.25) is 15.1 Å². The molecular weight excluding hydrogens is 272 g/mol. The number of pyridine rings is 1. The first-order chi connectivity index (χ1) is 9.97. The molecule has 0 spiro atoms. The number of nitro benzene ring substituents is 1. The Hall–Kier alpha value is -2.47. The number of hydrogen-bond acceptors (Lipinski definition) is 5. The molecule has 1 atom stereocenters. The van der Waals surface area contributed by atoms with Crippen molar-refractivity contribution < 1.29 is 14.8 Å². The fourth-order valence-corrected chi connectivity index (χ4v) is 1.96. The lowest BCUT2D eigenvalue weighted by Crippen LogP contribution is -2.02. The number of aliphatic hydroxyl groups is 1. The second kappa shape index (κ2) is 6.32. The van der Waals surface area contributed by atoms with Crippen molar-refractivity contribution in [3.05, 3.63) is 63.5 Å². The monoisotopic (exact) mass is 288 g/mol. The number of aryl methyl sites for hydroxylation is 1. The second-order valence-electron chi connectivity index (χ2n) is 4.81. The highest BCUT2D eigenvalue weighted by atomic mass is 16.6. The quantitative estimate of drug-likeness (QED) is 0.675. The van der Waals surface area contributed by atoms with Crippen LogP contribution < -0.4 is 4.74 Å². The lowest BCUT2D eigenvalue weighted by atomic mass is 10.1. The molecule has 0 fully saturated rings. The van der Waals surface area contributed by atoms with Crippen molar-refractivity contribution in [3.63, 3.8) is 0 Å². The van der Waals surface area contributed by atoms with Crippen molar-refractivity contribution in [1.82, 2.24) is 4.98 Å².